The van der Waals surface area contributed by atoms with Crippen molar-refractivity contribution in [1.29, 1.82) is 0 Å². The number of carbonyl (C=O) groups is 1. The molecule has 0 saturated heterocycles. The van der Waals surface area contributed by atoms with Crippen LogP contribution in [0.5, 0.6) is 0 Å². The first-order valence-electron chi connectivity index (χ1n) is 3.54. The Labute approximate surface area is 65.8 Å². The molecule has 11 heavy (non-hydrogen) atoms. The standard InChI is InChI=1S/C8H14F2O/c1-7(2,3)6(11)5-8(4,9)10/h5H2,1-4H3. The van der Waals surface area contributed by atoms with Crippen LogP contribution in [0.3, 0.4) is 0 Å². The van der Waals surface area contributed by atoms with Gasteiger partial charge >= 0.3 is 0 Å². The van der Waals surface area contributed by atoms with Crippen LogP contribution in [-0.4, -0.2) is 11.7 Å². The van der Waals surface area contributed by atoms with Gasteiger partial charge in [0.05, 0.1) is 6.42 Å². The quantitative estimate of drug-likeness (QED) is 0.613. The first-order chi connectivity index (χ1) is 4.63. The van der Waals surface area contributed by atoms with E-state index in [2.05, 4.69) is 0 Å². The highest BCUT2D eigenvalue weighted by Gasteiger charge is 2.31. The second kappa shape index (κ2) is 2.88. The molecule has 1 nitrogen and oxygen atoms in total. The number of Topliss-reactive ketones (excluding diaryl/α,β-unsaturated/α-hetero) is 1. The zero-order chi connectivity index (χ0) is 9.28. The second-order valence-electron chi connectivity index (χ2n) is 3.92. The smallest absolute Gasteiger partial charge is 0.252 e. The van der Waals surface area contributed by atoms with E-state index in [1.54, 1.807) is 20.8 Å². The van der Waals surface area contributed by atoms with Crippen LogP contribution < -0.4 is 0 Å². The molecule has 0 aliphatic heterocycles. The van der Waals surface area contributed by atoms with Crippen LogP contribution >= 0.6 is 0 Å². The van der Waals surface area contributed by atoms with E-state index in [1.165, 1.54) is 0 Å². The van der Waals surface area contributed by atoms with E-state index in [1.807, 2.05) is 0 Å². The van der Waals surface area contributed by atoms with Crippen LogP contribution in [0.2, 0.25) is 0 Å². The summed E-state index contributed by atoms with van der Waals surface area (Å²) in [5, 5.41) is 0. The molecular weight excluding hydrogens is 150 g/mol. The van der Waals surface area contributed by atoms with Gasteiger partial charge in [-0.2, -0.15) is 0 Å². The number of alkyl halides is 2. The summed E-state index contributed by atoms with van der Waals surface area (Å²) in [6.45, 7) is 5.68. The summed E-state index contributed by atoms with van der Waals surface area (Å²) in [6.07, 6.45) is -0.656. The lowest BCUT2D eigenvalue weighted by molar-refractivity contribution is -0.132. The van der Waals surface area contributed by atoms with Crippen molar-refractivity contribution in [3.8, 4) is 0 Å². The molecule has 0 bridgehead atoms. The molecule has 0 fully saturated rings. The second-order valence-corrected chi connectivity index (χ2v) is 3.92. The van der Waals surface area contributed by atoms with Crippen molar-refractivity contribution in [2.75, 3.05) is 0 Å². The highest BCUT2D eigenvalue weighted by Crippen LogP contribution is 2.24. The van der Waals surface area contributed by atoms with Gasteiger partial charge in [-0.05, 0) is 6.92 Å². The van der Waals surface area contributed by atoms with Crippen LogP contribution in [0.1, 0.15) is 34.1 Å². The first kappa shape index (κ1) is 10.5. The van der Waals surface area contributed by atoms with Crippen molar-refractivity contribution in [2.45, 2.75) is 40.0 Å². The molecule has 3 heteroatoms. The summed E-state index contributed by atoms with van der Waals surface area (Å²) in [6, 6.07) is 0. The number of ketones is 1. The lowest BCUT2D eigenvalue weighted by Crippen LogP contribution is -2.26. The van der Waals surface area contributed by atoms with Gasteiger partial charge in [0.1, 0.15) is 5.78 Å². The average molecular weight is 164 g/mol. The van der Waals surface area contributed by atoms with Gasteiger partial charge in [0.2, 0.25) is 0 Å². The van der Waals surface area contributed by atoms with E-state index in [4.69, 9.17) is 0 Å². The number of hydrogen-bond donors (Lipinski definition) is 0. The monoisotopic (exact) mass is 164 g/mol. The minimum Gasteiger partial charge on any atom is -0.299 e. The largest absolute Gasteiger partial charge is 0.299 e. The maximum Gasteiger partial charge on any atom is 0.252 e. The molecule has 0 aromatic carbocycles. The summed E-state index contributed by atoms with van der Waals surface area (Å²) < 4.78 is 24.6. The lowest BCUT2D eigenvalue weighted by atomic mass is 9.88. The lowest BCUT2D eigenvalue weighted by Gasteiger charge is -2.18. The Morgan fingerprint density at radius 3 is 1.64 bits per heavy atom. The molecule has 0 aliphatic carbocycles. The van der Waals surface area contributed by atoms with Gasteiger partial charge in [-0.1, -0.05) is 20.8 Å². The summed E-state index contributed by atoms with van der Waals surface area (Å²) >= 11 is 0. The zero-order valence-corrected chi connectivity index (χ0v) is 7.37. The van der Waals surface area contributed by atoms with Crippen molar-refractivity contribution in [3.63, 3.8) is 0 Å². The van der Waals surface area contributed by atoms with Crippen molar-refractivity contribution in [3.05, 3.63) is 0 Å². The van der Waals surface area contributed by atoms with Gasteiger partial charge in [-0.25, -0.2) is 8.78 Å². The van der Waals surface area contributed by atoms with Crippen molar-refractivity contribution in [1.82, 2.24) is 0 Å². The molecule has 0 aromatic heterocycles. The van der Waals surface area contributed by atoms with Gasteiger partial charge in [-0.15, -0.1) is 0 Å². The topological polar surface area (TPSA) is 17.1 Å². The molecule has 0 N–H and O–H groups in total. The van der Waals surface area contributed by atoms with Crippen LogP contribution in [0.15, 0.2) is 0 Å². The van der Waals surface area contributed by atoms with Crippen LogP contribution in [0.25, 0.3) is 0 Å². The fourth-order valence-corrected chi connectivity index (χ4v) is 0.547. The molecule has 0 atom stereocenters. The van der Waals surface area contributed by atoms with Crippen molar-refractivity contribution >= 4 is 5.78 Å². The molecule has 0 amide bonds. The molecule has 0 saturated carbocycles. The molecule has 0 aromatic rings. The maximum atomic E-state index is 12.3. The average Bonchev–Trinajstić information content (AvgIpc) is 1.56. The van der Waals surface area contributed by atoms with Gasteiger partial charge in [0.25, 0.3) is 5.92 Å². The summed E-state index contributed by atoms with van der Waals surface area (Å²) in [5.74, 6) is -3.27. The molecule has 0 aliphatic rings. The van der Waals surface area contributed by atoms with E-state index < -0.39 is 23.5 Å². The first-order valence-corrected chi connectivity index (χ1v) is 3.54. The van der Waals surface area contributed by atoms with Gasteiger partial charge in [0, 0.05) is 5.41 Å². The molecule has 66 valence electrons. The molecule has 0 rings (SSSR count). The van der Waals surface area contributed by atoms with E-state index in [0.29, 0.717) is 0 Å². The third kappa shape index (κ3) is 4.87. The predicted molar refractivity (Wildman–Crippen MR) is 39.7 cm³/mol. The minimum absolute atomic E-state index is 0.398. The van der Waals surface area contributed by atoms with E-state index in [-0.39, 0.29) is 0 Å². The molecule has 0 heterocycles. The normalized spacial score (nSPS) is 13.3. The van der Waals surface area contributed by atoms with Crippen LogP contribution in [0.4, 0.5) is 8.78 Å². The van der Waals surface area contributed by atoms with Crippen LogP contribution in [0, 0.1) is 5.41 Å². The SMILES string of the molecule is CC(F)(F)CC(=O)C(C)(C)C. The summed E-state index contributed by atoms with van der Waals surface area (Å²) in [7, 11) is 0. The third-order valence-corrected chi connectivity index (χ3v) is 1.31. The predicted octanol–water partition coefficient (Wildman–Crippen LogP) is 2.65. The number of hydrogen-bond acceptors (Lipinski definition) is 1. The fourth-order valence-electron chi connectivity index (χ4n) is 0.547. The third-order valence-electron chi connectivity index (χ3n) is 1.31. The Morgan fingerprint density at radius 2 is 1.55 bits per heavy atom. The number of halogens is 2. The Morgan fingerprint density at radius 1 is 1.18 bits per heavy atom. The molecular formula is C8H14F2O. The number of rotatable bonds is 2. The zero-order valence-electron chi connectivity index (χ0n) is 7.37. The van der Waals surface area contributed by atoms with Gasteiger partial charge in [0.15, 0.2) is 0 Å². The van der Waals surface area contributed by atoms with Gasteiger partial charge in [-0.3, -0.25) is 4.79 Å². The van der Waals surface area contributed by atoms with Crippen molar-refractivity contribution < 1.29 is 13.6 Å². The highest BCUT2D eigenvalue weighted by molar-refractivity contribution is 5.84. The summed E-state index contributed by atoms with van der Waals surface area (Å²) in [5.41, 5.74) is -0.653. The number of carbonyl (C=O) groups excluding carboxylic acids is 1. The Kier molecular flexibility index (Phi) is 2.75. The maximum absolute atomic E-state index is 12.3. The Hall–Kier alpha value is -0.470. The van der Waals surface area contributed by atoms with E-state index in [9.17, 15) is 13.6 Å². The van der Waals surface area contributed by atoms with E-state index >= 15 is 0 Å². The molecule has 0 radical (unpaired) electrons. The van der Waals surface area contributed by atoms with Crippen molar-refractivity contribution in [2.24, 2.45) is 5.41 Å². The minimum atomic E-state index is -2.87. The van der Waals surface area contributed by atoms with Gasteiger partial charge < -0.3 is 0 Å². The summed E-state index contributed by atoms with van der Waals surface area (Å²) in [4.78, 5) is 11.0. The Balaban J connectivity index is 4.11. The highest BCUT2D eigenvalue weighted by atomic mass is 19.3. The fraction of sp³-hybridized carbons (Fsp3) is 0.875. The van der Waals surface area contributed by atoms with Crippen LogP contribution in [-0.2, 0) is 4.79 Å². The van der Waals surface area contributed by atoms with E-state index in [0.717, 1.165) is 6.92 Å². The molecule has 0 unspecified atom stereocenters. The Bertz CT molecular complexity index is 150. The molecule has 0 spiro atoms.